The molecule has 166 valence electrons. The minimum Gasteiger partial charge on any atom is -0.488 e. The molecule has 0 aliphatic carbocycles. The van der Waals surface area contributed by atoms with Crippen LogP contribution in [0.15, 0.2) is 36.4 Å². The molecule has 2 saturated heterocycles. The van der Waals surface area contributed by atoms with Crippen molar-refractivity contribution in [2.75, 3.05) is 26.4 Å². The first-order valence-electron chi connectivity index (χ1n) is 11.1. The molecule has 0 bridgehead atoms. The van der Waals surface area contributed by atoms with Crippen LogP contribution in [0.2, 0.25) is 0 Å². The van der Waals surface area contributed by atoms with Crippen molar-refractivity contribution in [3.05, 3.63) is 53.1 Å². The number of amides is 1. The third-order valence-corrected chi connectivity index (χ3v) is 6.70. The van der Waals surface area contributed by atoms with Crippen molar-refractivity contribution < 1.29 is 19.0 Å². The number of nitrogens with two attached hydrogens (primary N) is 1. The van der Waals surface area contributed by atoms with Crippen LogP contribution in [-0.2, 0) is 27.3 Å². The Labute approximate surface area is 187 Å². The molecule has 1 amide bonds. The predicted octanol–water partition coefficient (Wildman–Crippen LogP) is 2.42. The lowest BCUT2D eigenvalue weighted by atomic mass is 9.89. The Kier molecular flexibility index (Phi) is 5.60. The molecule has 32 heavy (non-hydrogen) atoms. The van der Waals surface area contributed by atoms with Crippen molar-refractivity contribution in [2.24, 2.45) is 5.73 Å². The second-order valence-electron chi connectivity index (χ2n) is 8.90. The van der Waals surface area contributed by atoms with E-state index in [-0.39, 0.29) is 5.91 Å². The number of nitrogens with zero attached hydrogens (tertiary/aromatic N) is 1. The van der Waals surface area contributed by atoms with Crippen LogP contribution in [0.5, 0.6) is 5.75 Å². The van der Waals surface area contributed by atoms with Gasteiger partial charge in [0.2, 0.25) is 5.91 Å². The molecule has 3 aliphatic heterocycles. The van der Waals surface area contributed by atoms with Gasteiger partial charge < -0.3 is 25.3 Å². The van der Waals surface area contributed by atoms with Crippen molar-refractivity contribution in [3.8, 4) is 22.9 Å². The molecule has 7 heteroatoms. The largest absolute Gasteiger partial charge is 0.488 e. The smallest absolute Gasteiger partial charge is 0.241 e. The lowest BCUT2D eigenvalue weighted by Crippen LogP contribution is -2.58. The van der Waals surface area contributed by atoms with Gasteiger partial charge in [0.25, 0.3) is 0 Å². The van der Waals surface area contributed by atoms with E-state index in [1.807, 2.05) is 18.2 Å². The lowest BCUT2D eigenvalue weighted by Gasteiger charge is -2.32. The Hall–Kier alpha value is -2.92. The molecule has 0 saturated carbocycles. The van der Waals surface area contributed by atoms with E-state index in [1.165, 1.54) is 16.7 Å². The highest BCUT2D eigenvalue weighted by Crippen LogP contribution is 2.40. The summed E-state index contributed by atoms with van der Waals surface area (Å²) < 4.78 is 16.7. The van der Waals surface area contributed by atoms with E-state index in [9.17, 15) is 10.1 Å². The van der Waals surface area contributed by atoms with Gasteiger partial charge in [-0.3, -0.25) is 4.79 Å². The molecule has 3 heterocycles. The molecule has 3 N–H and O–H groups in total. The standard InChI is InChI=1S/C25H27N3O4/c26-12-20(28-24(29)25(27)5-7-30-8-6-25)9-16-1-4-21-22-11-17(19-13-31-14-19)2-3-18(22)15-32-23(21)10-16/h1-4,10-11,19-20H,5-9,13-15,27H2,(H,28,29)/t20-/m1/s1. The summed E-state index contributed by atoms with van der Waals surface area (Å²) in [4.78, 5) is 12.7. The number of benzene rings is 2. The van der Waals surface area contributed by atoms with Gasteiger partial charge in [0.05, 0.1) is 24.8 Å². The van der Waals surface area contributed by atoms with E-state index in [1.54, 1.807) is 0 Å². The van der Waals surface area contributed by atoms with Crippen LogP contribution in [-0.4, -0.2) is 43.9 Å². The molecule has 2 fully saturated rings. The number of carbonyl (C=O) groups is 1. The second-order valence-corrected chi connectivity index (χ2v) is 8.90. The van der Waals surface area contributed by atoms with Gasteiger partial charge in [-0.25, -0.2) is 0 Å². The molecule has 2 aromatic carbocycles. The van der Waals surface area contributed by atoms with E-state index < -0.39 is 11.6 Å². The van der Waals surface area contributed by atoms with Crippen molar-refractivity contribution in [1.82, 2.24) is 5.32 Å². The van der Waals surface area contributed by atoms with E-state index >= 15 is 0 Å². The first-order valence-corrected chi connectivity index (χ1v) is 11.1. The summed E-state index contributed by atoms with van der Waals surface area (Å²) in [6.45, 7) is 2.99. The lowest BCUT2D eigenvalue weighted by molar-refractivity contribution is -0.130. The van der Waals surface area contributed by atoms with Crippen LogP contribution in [0, 0.1) is 11.3 Å². The maximum absolute atomic E-state index is 12.7. The molecular weight excluding hydrogens is 406 g/mol. The second kappa shape index (κ2) is 8.55. The molecule has 0 radical (unpaired) electrons. The molecule has 7 nitrogen and oxygen atoms in total. The Morgan fingerprint density at radius 3 is 2.69 bits per heavy atom. The van der Waals surface area contributed by atoms with Crippen LogP contribution < -0.4 is 15.8 Å². The van der Waals surface area contributed by atoms with Crippen LogP contribution in [0.25, 0.3) is 11.1 Å². The third kappa shape index (κ3) is 3.97. The molecule has 0 spiro atoms. The predicted molar refractivity (Wildman–Crippen MR) is 118 cm³/mol. The zero-order chi connectivity index (χ0) is 22.1. The van der Waals surface area contributed by atoms with Crippen molar-refractivity contribution in [2.45, 2.75) is 43.4 Å². The highest BCUT2D eigenvalue weighted by atomic mass is 16.5. The molecule has 3 aliphatic rings. The van der Waals surface area contributed by atoms with Gasteiger partial charge in [-0.05, 0) is 41.2 Å². The summed E-state index contributed by atoms with van der Waals surface area (Å²) in [5, 5.41) is 12.4. The van der Waals surface area contributed by atoms with E-state index in [4.69, 9.17) is 19.9 Å². The van der Waals surface area contributed by atoms with Crippen molar-refractivity contribution in [3.63, 3.8) is 0 Å². The molecule has 5 rings (SSSR count). The summed E-state index contributed by atoms with van der Waals surface area (Å²) in [6.07, 6.45) is 1.30. The summed E-state index contributed by atoms with van der Waals surface area (Å²) in [6, 6.07) is 14.1. The first kappa shape index (κ1) is 21.0. The van der Waals surface area contributed by atoms with Gasteiger partial charge in [0.15, 0.2) is 0 Å². The number of carbonyl (C=O) groups excluding carboxylic acids is 1. The zero-order valence-corrected chi connectivity index (χ0v) is 17.9. The molecular formula is C25H27N3O4. The van der Waals surface area contributed by atoms with Crippen molar-refractivity contribution >= 4 is 5.91 Å². The molecule has 2 aromatic rings. The summed E-state index contributed by atoms with van der Waals surface area (Å²) in [7, 11) is 0. The topological polar surface area (TPSA) is 107 Å². The average Bonchev–Trinajstić information content (AvgIpc) is 2.77. The number of hydrogen-bond donors (Lipinski definition) is 2. The maximum atomic E-state index is 12.7. The van der Waals surface area contributed by atoms with E-state index in [2.05, 4.69) is 29.6 Å². The summed E-state index contributed by atoms with van der Waals surface area (Å²) in [5.41, 5.74) is 10.9. The Balaban J connectivity index is 1.32. The highest BCUT2D eigenvalue weighted by Gasteiger charge is 2.37. The van der Waals surface area contributed by atoms with Gasteiger partial charge in [-0.15, -0.1) is 0 Å². The Bertz CT molecular complexity index is 1070. The van der Waals surface area contributed by atoms with Gasteiger partial charge in [0.1, 0.15) is 18.4 Å². The van der Waals surface area contributed by atoms with Gasteiger partial charge >= 0.3 is 0 Å². The number of nitriles is 1. The fourth-order valence-electron chi connectivity index (χ4n) is 4.47. The minimum absolute atomic E-state index is 0.289. The number of fused-ring (bicyclic) bond motifs is 3. The number of rotatable bonds is 5. The molecule has 0 unspecified atom stereocenters. The summed E-state index contributed by atoms with van der Waals surface area (Å²) in [5.74, 6) is 0.982. The zero-order valence-electron chi connectivity index (χ0n) is 17.9. The van der Waals surface area contributed by atoms with Crippen LogP contribution in [0.3, 0.4) is 0 Å². The molecule has 0 aromatic heterocycles. The number of ether oxygens (including phenoxy) is 3. The average molecular weight is 434 g/mol. The number of nitrogens with one attached hydrogen (secondary N) is 1. The Morgan fingerprint density at radius 2 is 1.97 bits per heavy atom. The highest BCUT2D eigenvalue weighted by molar-refractivity contribution is 5.86. The monoisotopic (exact) mass is 433 g/mol. The van der Waals surface area contributed by atoms with Gasteiger partial charge in [-0.1, -0.05) is 30.3 Å². The van der Waals surface area contributed by atoms with Crippen LogP contribution in [0.1, 0.15) is 35.4 Å². The van der Waals surface area contributed by atoms with Gasteiger partial charge in [0, 0.05) is 31.1 Å². The van der Waals surface area contributed by atoms with E-state index in [0.29, 0.717) is 45.0 Å². The Morgan fingerprint density at radius 1 is 1.16 bits per heavy atom. The maximum Gasteiger partial charge on any atom is 0.241 e. The normalized spacial score (nSPS) is 20.0. The molecule has 1 atom stereocenters. The van der Waals surface area contributed by atoms with Gasteiger partial charge in [-0.2, -0.15) is 5.26 Å². The van der Waals surface area contributed by atoms with E-state index in [0.717, 1.165) is 30.1 Å². The SMILES string of the molecule is N#C[C@@H](Cc1ccc2c(c1)OCc1ccc(C3COC3)cc1-2)NC(=O)C1(N)CCOCC1. The third-order valence-electron chi connectivity index (χ3n) is 6.70. The summed E-state index contributed by atoms with van der Waals surface area (Å²) >= 11 is 0. The van der Waals surface area contributed by atoms with Crippen molar-refractivity contribution in [1.29, 1.82) is 5.26 Å². The minimum atomic E-state index is -0.973. The number of hydrogen-bond acceptors (Lipinski definition) is 6. The van der Waals surface area contributed by atoms with Crippen LogP contribution >= 0.6 is 0 Å². The van der Waals surface area contributed by atoms with Crippen LogP contribution in [0.4, 0.5) is 0 Å². The quantitative estimate of drug-likeness (QED) is 0.750. The first-order chi connectivity index (χ1) is 15.6. The fraction of sp³-hybridized carbons (Fsp3) is 0.440. The fourth-order valence-corrected chi connectivity index (χ4v) is 4.47.